The fraction of sp³-hybridized carbons (Fsp3) is 0.500. The second-order valence-electron chi connectivity index (χ2n) is 4.40. The van der Waals surface area contributed by atoms with Gasteiger partial charge in [0, 0.05) is 49.6 Å². The third kappa shape index (κ3) is 5.11. The Morgan fingerprint density at radius 2 is 1.95 bits per heavy atom. The smallest absolute Gasteiger partial charge is 0.124 e. The fourth-order valence-corrected chi connectivity index (χ4v) is 2.31. The lowest BCUT2D eigenvalue weighted by atomic mass is 10.1. The van der Waals surface area contributed by atoms with Crippen molar-refractivity contribution in [3.8, 4) is 0 Å². The minimum atomic E-state index is 0.0652. The highest BCUT2D eigenvalue weighted by Crippen LogP contribution is 2.24. The molecule has 0 amide bonds. The first-order valence-electron chi connectivity index (χ1n) is 6.47. The average Bonchev–Trinajstić information content (AvgIpc) is 2.43. The Labute approximate surface area is 128 Å². The van der Waals surface area contributed by atoms with Crippen molar-refractivity contribution in [3.05, 3.63) is 28.2 Å². The third-order valence-electron chi connectivity index (χ3n) is 2.93. The molecule has 0 saturated heterocycles. The lowest BCUT2D eigenvalue weighted by molar-refractivity contribution is 0.191. The van der Waals surface area contributed by atoms with Gasteiger partial charge in [-0.1, -0.05) is 15.9 Å². The van der Waals surface area contributed by atoms with Crippen LogP contribution in [0.3, 0.4) is 0 Å². The molecule has 0 bridgehead atoms. The SMILES string of the molecule is COCCCN(CCOC)c1ccc(Br)cc1C(=N)N. The van der Waals surface area contributed by atoms with E-state index in [-0.39, 0.29) is 5.84 Å². The normalized spacial score (nSPS) is 10.6. The number of hydrogen-bond acceptors (Lipinski definition) is 4. The number of hydrogen-bond donors (Lipinski definition) is 2. The van der Waals surface area contributed by atoms with Gasteiger partial charge in [-0.3, -0.25) is 5.41 Å². The number of nitrogens with one attached hydrogen (secondary N) is 1. The van der Waals surface area contributed by atoms with Gasteiger partial charge in [-0.25, -0.2) is 0 Å². The fourth-order valence-electron chi connectivity index (χ4n) is 1.95. The summed E-state index contributed by atoms with van der Waals surface area (Å²) in [6, 6.07) is 5.80. The second-order valence-corrected chi connectivity index (χ2v) is 5.32. The van der Waals surface area contributed by atoms with Gasteiger partial charge in [0.2, 0.25) is 0 Å². The average molecular weight is 344 g/mol. The van der Waals surface area contributed by atoms with E-state index in [1.54, 1.807) is 14.2 Å². The van der Waals surface area contributed by atoms with Crippen LogP contribution in [0.5, 0.6) is 0 Å². The second kappa shape index (κ2) is 8.94. The molecule has 0 radical (unpaired) electrons. The number of halogens is 1. The van der Waals surface area contributed by atoms with E-state index in [2.05, 4.69) is 20.8 Å². The molecule has 6 heteroatoms. The van der Waals surface area contributed by atoms with Gasteiger partial charge in [0.25, 0.3) is 0 Å². The summed E-state index contributed by atoms with van der Waals surface area (Å²) >= 11 is 3.41. The van der Waals surface area contributed by atoms with Crippen LogP contribution in [0.15, 0.2) is 22.7 Å². The quantitative estimate of drug-likeness (QED) is 0.409. The Kier molecular flexibility index (Phi) is 7.58. The van der Waals surface area contributed by atoms with E-state index in [0.717, 1.165) is 35.2 Å². The standard InChI is InChI=1S/C14H22BrN3O2/c1-19-8-3-6-18(7-9-20-2)13-5-4-11(15)10-12(13)14(16)17/h4-5,10H,3,6-9H2,1-2H3,(H3,16,17). The molecule has 0 atom stereocenters. The monoisotopic (exact) mass is 343 g/mol. The van der Waals surface area contributed by atoms with Gasteiger partial charge >= 0.3 is 0 Å². The van der Waals surface area contributed by atoms with Crippen molar-refractivity contribution in [2.24, 2.45) is 5.73 Å². The molecule has 5 nitrogen and oxygen atoms in total. The molecule has 1 aromatic carbocycles. The Morgan fingerprint density at radius 3 is 2.55 bits per heavy atom. The molecule has 0 heterocycles. The minimum absolute atomic E-state index is 0.0652. The summed E-state index contributed by atoms with van der Waals surface area (Å²) < 4.78 is 11.2. The summed E-state index contributed by atoms with van der Waals surface area (Å²) in [5.74, 6) is 0.0652. The van der Waals surface area contributed by atoms with E-state index in [1.165, 1.54) is 0 Å². The molecule has 0 saturated carbocycles. The third-order valence-corrected chi connectivity index (χ3v) is 3.42. The summed E-state index contributed by atoms with van der Waals surface area (Å²) in [5.41, 5.74) is 7.37. The highest BCUT2D eigenvalue weighted by molar-refractivity contribution is 9.10. The topological polar surface area (TPSA) is 71.6 Å². The molecule has 3 N–H and O–H groups in total. The Bertz CT molecular complexity index is 440. The largest absolute Gasteiger partial charge is 0.385 e. The predicted octanol–water partition coefficient (Wildman–Crippen LogP) is 2.22. The summed E-state index contributed by atoms with van der Waals surface area (Å²) in [6.07, 6.45) is 0.910. The Balaban J connectivity index is 2.95. The first-order valence-corrected chi connectivity index (χ1v) is 7.26. The maximum Gasteiger partial charge on any atom is 0.124 e. The van der Waals surface area contributed by atoms with Crippen molar-refractivity contribution >= 4 is 27.5 Å². The minimum Gasteiger partial charge on any atom is -0.385 e. The molecule has 0 aromatic heterocycles. The zero-order chi connectivity index (χ0) is 15.0. The number of methoxy groups -OCH3 is 2. The van der Waals surface area contributed by atoms with Crippen LogP contribution >= 0.6 is 15.9 Å². The maximum absolute atomic E-state index is 7.73. The summed E-state index contributed by atoms with van der Waals surface area (Å²) in [6.45, 7) is 2.91. The molecule has 0 spiro atoms. The van der Waals surface area contributed by atoms with E-state index >= 15 is 0 Å². The Morgan fingerprint density at radius 1 is 1.25 bits per heavy atom. The summed E-state index contributed by atoms with van der Waals surface area (Å²) in [4.78, 5) is 2.17. The van der Waals surface area contributed by atoms with Gasteiger partial charge < -0.3 is 20.1 Å². The molecule has 0 fully saturated rings. The van der Waals surface area contributed by atoms with Crippen LogP contribution in [-0.4, -0.2) is 46.4 Å². The van der Waals surface area contributed by atoms with Crippen LogP contribution in [0.2, 0.25) is 0 Å². The van der Waals surface area contributed by atoms with E-state index in [4.69, 9.17) is 20.6 Å². The molecule has 1 rings (SSSR count). The van der Waals surface area contributed by atoms with Gasteiger partial charge in [-0.15, -0.1) is 0 Å². The molecular formula is C14H22BrN3O2. The maximum atomic E-state index is 7.73. The predicted molar refractivity (Wildman–Crippen MR) is 85.7 cm³/mol. The van der Waals surface area contributed by atoms with Crippen LogP contribution in [0.25, 0.3) is 0 Å². The van der Waals surface area contributed by atoms with Crippen LogP contribution < -0.4 is 10.6 Å². The molecule has 0 aliphatic heterocycles. The first kappa shape index (κ1) is 16.9. The number of amidine groups is 1. The number of rotatable bonds is 9. The van der Waals surface area contributed by atoms with E-state index in [1.807, 2.05) is 18.2 Å². The van der Waals surface area contributed by atoms with Gasteiger partial charge in [0.1, 0.15) is 5.84 Å². The number of nitrogen functional groups attached to an aromatic ring is 1. The highest BCUT2D eigenvalue weighted by atomic mass is 79.9. The van der Waals surface area contributed by atoms with Crippen molar-refractivity contribution in [2.45, 2.75) is 6.42 Å². The van der Waals surface area contributed by atoms with Crippen molar-refractivity contribution in [2.75, 3.05) is 45.4 Å². The molecule has 0 aliphatic carbocycles. The number of nitrogens with zero attached hydrogens (tertiary/aromatic N) is 1. The summed E-state index contributed by atoms with van der Waals surface area (Å²) in [5, 5.41) is 7.73. The molecular weight excluding hydrogens is 322 g/mol. The first-order chi connectivity index (χ1) is 9.60. The lowest BCUT2D eigenvalue weighted by Crippen LogP contribution is -2.31. The molecule has 0 unspecified atom stereocenters. The van der Waals surface area contributed by atoms with Crippen LogP contribution in [0.4, 0.5) is 5.69 Å². The van der Waals surface area contributed by atoms with Crippen LogP contribution in [-0.2, 0) is 9.47 Å². The van der Waals surface area contributed by atoms with Gasteiger partial charge in [-0.2, -0.15) is 0 Å². The van der Waals surface area contributed by atoms with Crippen molar-refractivity contribution in [1.82, 2.24) is 0 Å². The number of anilines is 1. The lowest BCUT2D eigenvalue weighted by Gasteiger charge is -2.26. The number of benzene rings is 1. The zero-order valence-electron chi connectivity index (χ0n) is 12.0. The number of ether oxygens (including phenoxy) is 2. The van der Waals surface area contributed by atoms with Gasteiger partial charge in [0.15, 0.2) is 0 Å². The van der Waals surface area contributed by atoms with E-state index in [0.29, 0.717) is 13.2 Å². The van der Waals surface area contributed by atoms with Crippen LogP contribution in [0, 0.1) is 5.41 Å². The molecule has 0 aliphatic rings. The van der Waals surface area contributed by atoms with E-state index in [9.17, 15) is 0 Å². The van der Waals surface area contributed by atoms with Crippen molar-refractivity contribution in [3.63, 3.8) is 0 Å². The Hall–Kier alpha value is -1.11. The molecule has 1 aromatic rings. The highest BCUT2D eigenvalue weighted by Gasteiger charge is 2.13. The van der Waals surface area contributed by atoms with E-state index < -0.39 is 0 Å². The number of nitrogens with two attached hydrogens (primary N) is 1. The summed E-state index contributed by atoms with van der Waals surface area (Å²) in [7, 11) is 3.38. The molecule has 20 heavy (non-hydrogen) atoms. The van der Waals surface area contributed by atoms with Crippen LogP contribution in [0.1, 0.15) is 12.0 Å². The van der Waals surface area contributed by atoms with Crippen molar-refractivity contribution < 1.29 is 9.47 Å². The van der Waals surface area contributed by atoms with Gasteiger partial charge in [0.05, 0.1) is 6.61 Å². The molecule has 112 valence electrons. The zero-order valence-corrected chi connectivity index (χ0v) is 13.6. The van der Waals surface area contributed by atoms with Crippen molar-refractivity contribution in [1.29, 1.82) is 5.41 Å². The van der Waals surface area contributed by atoms with Gasteiger partial charge in [-0.05, 0) is 24.6 Å².